The number of aryl methyl sites for hydroxylation is 1. The van der Waals surface area contributed by atoms with Crippen LogP contribution in [0.1, 0.15) is 32.0 Å². The lowest BCUT2D eigenvalue weighted by Crippen LogP contribution is -2.31. The summed E-state index contributed by atoms with van der Waals surface area (Å²) in [5.41, 5.74) is -0.183. The summed E-state index contributed by atoms with van der Waals surface area (Å²) in [6.07, 6.45) is 2.79. The highest BCUT2D eigenvalue weighted by Crippen LogP contribution is 2.30. The molecule has 0 bridgehead atoms. The van der Waals surface area contributed by atoms with Crippen LogP contribution in [0.25, 0.3) is 0 Å². The van der Waals surface area contributed by atoms with E-state index >= 15 is 0 Å². The van der Waals surface area contributed by atoms with E-state index in [0.717, 1.165) is 12.8 Å². The molecule has 98 valence electrons. The van der Waals surface area contributed by atoms with Gasteiger partial charge in [0, 0.05) is 25.1 Å². The predicted molar refractivity (Wildman–Crippen MR) is 66.9 cm³/mol. The van der Waals surface area contributed by atoms with Gasteiger partial charge in [0.1, 0.15) is 11.6 Å². The molecule has 1 aliphatic carbocycles. The van der Waals surface area contributed by atoms with Gasteiger partial charge in [-0.1, -0.05) is 6.92 Å². The van der Waals surface area contributed by atoms with E-state index in [2.05, 4.69) is 9.97 Å². The molecule has 1 saturated carbocycles. The Kier molecular flexibility index (Phi) is 3.64. The molecule has 0 saturated heterocycles. The van der Waals surface area contributed by atoms with Crippen LogP contribution in [0.2, 0.25) is 0 Å². The van der Waals surface area contributed by atoms with E-state index < -0.39 is 5.97 Å². The van der Waals surface area contributed by atoms with Gasteiger partial charge in [-0.3, -0.25) is 9.59 Å². The molecule has 1 aromatic heterocycles. The second-order valence-corrected chi connectivity index (χ2v) is 4.47. The van der Waals surface area contributed by atoms with Gasteiger partial charge in [-0.2, -0.15) is 0 Å². The quantitative estimate of drug-likeness (QED) is 0.780. The number of aliphatic carboxylic acids is 1. The molecule has 0 unspecified atom stereocenters. The second-order valence-electron chi connectivity index (χ2n) is 4.47. The van der Waals surface area contributed by atoms with E-state index in [1.807, 2.05) is 11.8 Å². The van der Waals surface area contributed by atoms with Crippen molar-refractivity contribution in [3.8, 4) is 0 Å². The zero-order valence-electron chi connectivity index (χ0n) is 10.3. The lowest BCUT2D eigenvalue weighted by molar-refractivity contribution is -0.136. The van der Waals surface area contributed by atoms with Crippen LogP contribution in [0.4, 0.5) is 5.82 Å². The Balaban J connectivity index is 2.21. The SMILES string of the molecule is CCc1nc(N(CCC(=O)O)C2CC2)cc(=O)[nH]1. The minimum Gasteiger partial charge on any atom is -0.481 e. The Morgan fingerprint density at radius 1 is 1.61 bits per heavy atom. The maximum absolute atomic E-state index is 11.5. The molecule has 1 heterocycles. The van der Waals surface area contributed by atoms with Crippen molar-refractivity contribution < 1.29 is 9.90 Å². The van der Waals surface area contributed by atoms with E-state index in [1.54, 1.807) is 0 Å². The third-order valence-corrected chi connectivity index (χ3v) is 2.96. The predicted octanol–water partition coefficient (Wildman–Crippen LogP) is 0.776. The molecule has 1 aliphatic rings. The van der Waals surface area contributed by atoms with Crippen molar-refractivity contribution >= 4 is 11.8 Å². The van der Waals surface area contributed by atoms with Crippen LogP contribution in [-0.4, -0.2) is 33.6 Å². The lowest BCUT2D eigenvalue weighted by Gasteiger charge is -2.22. The number of rotatable bonds is 6. The highest BCUT2D eigenvalue weighted by Gasteiger charge is 2.30. The minimum absolute atomic E-state index is 0.0619. The number of aromatic amines is 1. The van der Waals surface area contributed by atoms with Crippen molar-refractivity contribution in [2.45, 2.75) is 38.6 Å². The number of aromatic nitrogens is 2. The Morgan fingerprint density at radius 3 is 2.89 bits per heavy atom. The molecule has 0 aromatic carbocycles. The van der Waals surface area contributed by atoms with Crippen LogP contribution in [0, 0.1) is 0 Å². The standard InChI is InChI=1S/C12H17N3O3/c1-2-9-13-10(7-11(16)14-9)15(8-3-4-8)6-5-12(17)18/h7-8H,2-6H2,1H3,(H,17,18)(H,13,14,16). The number of carboxylic acid groups (broad SMARTS) is 1. The summed E-state index contributed by atoms with van der Waals surface area (Å²) in [4.78, 5) is 31.1. The van der Waals surface area contributed by atoms with E-state index in [0.29, 0.717) is 30.6 Å². The van der Waals surface area contributed by atoms with Crippen molar-refractivity contribution in [3.05, 3.63) is 22.2 Å². The fraction of sp³-hybridized carbons (Fsp3) is 0.583. The monoisotopic (exact) mass is 251 g/mol. The molecule has 6 nitrogen and oxygen atoms in total. The first-order valence-corrected chi connectivity index (χ1v) is 6.19. The first-order valence-electron chi connectivity index (χ1n) is 6.19. The van der Waals surface area contributed by atoms with Gasteiger partial charge in [0.2, 0.25) is 0 Å². The van der Waals surface area contributed by atoms with E-state index in [9.17, 15) is 9.59 Å². The smallest absolute Gasteiger partial charge is 0.305 e. The van der Waals surface area contributed by atoms with E-state index in [4.69, 9.17) is 5.11 Å². The average molecular weight is 251 g/mol. The molecule has 0 radical (unpaired) electrons. The van der Waals surface area contributed by atoms with Gasteiger partial charge in [0.05, 0.1) is 6.42 Å². The Morgan fingerprint density at radius 2 is 2.33 bits per heavy atom. The molecule has 0 spiro atoms. The van der Waals surface area contributed by atoms with Crippen molar-refractivity contribution in [1.29, 1.82) is 0 Å². The number of hydrogen-bond donors (Lipinski definition) is 2. The van der Waals surface area contributed by atoms with Gasteiger partial charge >= 0.3 is 5.97 Å². The minimum atomic E-state index is -0.832. The van der Waals surface area contributed by atoms with Gasteiger partial charge in [0.15, 0.2) is 0 Å². The molecular weight excluding hydrogens is 234 g/mol. The van der Waals surface area contributed by atoms with Crippen molar-refractivity contribution in [2.24, 2.45) is 0 Å². The topological polar surface area (TPSA) is 86.3 Å². The van der Waals surface area contributed by atoms with Gasteiger partial charge < -0.3 is 15.0 Å². The normalized spacial score (nSPS) is 14.5. The fourth-order valence-electron chi connectivity index (χ4n) is 1.90. The van der Waals surface area contributed by atoms with Gasteiger partial charge in [-0.25, -0.2) is 4.98 Å². The summed E-state index contributed by atoms with van der Waals surface area (Å²) in [5.74, 6) is 0.402. The first kappa shape index (κ1) is 12.6. The summed E-state index contributed by atoms with van der Waals surface area (Å²) < 4.78 is 0. The number of H-pyrrole nitrogens is 1. The number of carbonyl (C=O) groups is 1. The van der Waals surface area contributed by atoms with Crippen LogP contribution < -0.4 is 10.5 Å². The first-order chi connectivity index (χ1) is 8.60. The molecule has 18 heavy (non-hydrogen) atoms. The molecule has 0 atom stereocenters. The summed E-state index contributed by atoms with van der Waals surface area (Å²) >= 11 is 0. The molecular formula is C12H17N3O3. The Labute approximate surface area is 105 Å². The van der Waals surface area contributed by atoms with Crippen LogP contribution in [0.5, 0.6) is 0 Å². The molecule has 2 N–H and O–H groups in total. The third kappa shape index (κ3) is 3.09. The number of nitrogens with one attached hydrogen (secondary N) is 1. The fourth-order valence-corrected chi connectivity index (χ4v) is 1.90. The van der Waals surface area contributed by atoms with Gasteiger partial charge in [0.25, 0.3) is 5.56 Å². The van der Waals surface area contributed by atoms with E-state index in [1.165, 1.54) is 6.07 Å². The highest BCUT2D eigenvalue weighted by molar-refractivity contribution is 5.67. The second kappa shape index (κ2) is 5.20. The number of hydrogen-bond acceptors (Lipinski definition) is 4. The van der Waals surface area contributed by atoms with Crippen LogP contribution in [-0.2, 0) is 11.2 Å². The summed E-state index contributed by atoms with van der Waals surface area (Å²) in [5, 5.41) is 8.75. The summed E-state index contributed by atoms with van der Waals surface area (Å²) in [7, 11) is 0. The largest absolute Gasteiger partial charge is 0.481 e. The Hall–Kier alpha value is -1.85. The number of nitrogens with zero attached hydrogens (tertiary/aromatic N) is 2. The third-order valence-electron chi connectivity index (χ3n) is 2.96. The summed E-state index contributed by atoms with van der Waals surface area (Å²) in [6, 6.07) is 1.78. The molecule has 0 amide bonds. The highest BCUT2D eigenvalue weighted by atomic mass is 16.4. The summed E-state index contributed by atoms with van der Waals surface area (Å²) in [6.45, 7) is 2.32. The van der Waals surface area contributed by atoms with Crippen LogP contribution in [0.3, 0.4) is 0 Å². The van der Waals surface area contributed by atoms with Crippen LogP contribution >= 0.6 is 0 Å². The van der Waals surface area contributed by atoms with E-state index in [-0.39, 0.29) is 12.0 Å². The van der Waals surface area contributed by atoms with Gasteiger partial charge in [-0.05, 0) is 12.8 Å². The number of anilines is 1. The molecule has 1 aromatic rings. The molecule has 6 heteroatoms. The zero-order chi connectivity index (χ0) is 13.1. The maximum atomic E-state index is 11.5. The molecule has 0 aliphatic heterocycles. The molecule has 1 fully saturated rings. The average Bonchev–Trinajstić information content (AvgIpc) is 3.12. The van der Waals surface area contributed by atoms with Crippen LogP contribution in [0.15, 0.2) is 10.9 Å². The maximum Gasteiger partial charge on any atom is 0.305 e. The van der Waals surface area contributed by atoms with Crippen molar-refractivity contribution in [2.75, 3.05) is 11.4 Å². The lowest BCUT2D eigenvalue weighted by atomic mass is 10.3. The van der Waals surface area contributed by atoms with Gasteiger partial charge in [-0.15, -0.1) is 0 Å². The van der Waals surface area contributed by atoms with Crippen molar-refractivity contribution in [1.82, 2.24) is 9.97 Å². The zero-order valence-corrected chi connectivity index (χ0v) is 10.3. The Bertz CT molecular complexity index is 494. The molecule has 2 rings (SSSR count). The number of carboxylic acids is 1. The van der Waals surface area contributed by atoms with Crippen molar-refractivity contribution in [3.63, 3.8) is 0 Å².